The van der Waals surface area contributed by atoms with Gasteiger partial charge in [-0.1, -0.05) is 13.8 Å². The highest BCUT2D eigenvalue weighted by Gasteiger charge is 2.20. The van der Waals surface area contributed by atoms with Gasteiger partial charge in [0.25, 0.3) is 0 Å². The van der Waals surface area contributed by atoms with Gasteiger partial charge in [0, 0.05) is 12.7 Å². The molecule has 0 atom stereocenters. The molecular formula is C10H19N3O2. The summed E-state index contributed by atoms with van der Waals surface area (Å²) in [5.74, 6) is -0.392. The SMILES string of the molecule is CCOC(=O)C(C(N)=NC)=C(N)C(C)C. The minimum absolute atomic E-state index is 0.0182. The number of carbonyl (C=O) groups is 1. The number of ether oxygens (including phenoxy) is 1. The van der Waals surface area contributed by atoms with E-state index in [2.05, 4.69) is 4.99 Å². The van der Waals surface area contributed by atoms with Gasteiger partial charge < -0.3 is 16.2 Å². The predicted molar refractivity (Wildman–Crippen MR) is 60.2 cm³/mol. The molecule has 5 nitrogen and oxygen atoms in total. The zero-order valence-corrected chi connectivity index (χ0v) is 9.70. The Morgan fingerprint density at radius 2 is 1.93 bits per heavy atom. The molecule has 0 amide bonds. The lowest BCUT2D eigenvalue weighted by Gasteiger charge is -2.12. The summed E-state index contributed by atoms with van der Waals surface area (Å²) >= 11 is 0. The van der Waals surface area contributed by atoms with E-state index in [-0.39, 0.29) is 23.9 Å². The Bertz CT molecular complexity index is 293. The predicted octanol–water partition coefficient (Wildman–Crippen LogP) is 0.405. The molecule has 0 aliphatic carbocycles. The van der Waals surface area contributed by atoms with Crippen LogP contribution in [0.15, 0.2) is 16.3 Å². The molecule has 0 aromatic carbocycles. The van der Waals surface area contributed by atoms with Crippen molar-refractivity contribution in [1.82, 2.24) is 0 Å². The molecule has 0 aliphatic heterocycles. The van der Waals surface area contributed by atoms with Crippen molar-refractivity contribution < 1.29 is 9.53 Å². The molecule has 0 saturated carbocycles. The first-order chi connectivity index (χ1) is 6.95. The minimum Gasteiger partial charge on any atom is -0.462 e. The van der Waals surface area contributed by atoms with Crippen molar-refractivity contribution in [2.45, 2.75) is 20.8 Å². The van der Waals surface area contributed by atoms with E-state index in [1.165, 1.54) is 7.05 Å². The number of hydrogen-bond acceptors (Lipinski definition) is 4. The highest BCUT2D eigenvalue weighted by molar-refractivity contribution is 6.18. The van der Waals surface area contributed by atoms with Crippen LogP contribution < -0.4 is 11.5 Å². The summed E-state index contributed by atoms with van der Waals surface area (Å²) in [5.41, 5.74) is 12.0. The molecule has 4 N–H and O–H groups in total. The van der Waals surface area contributed by atoms with Crippen molar-refractivity contribution in [2.75, 3.05) is 13.7 Å². The van der Waals surface area contributed by atoms with Crippen LogP contribution in [0.25, 0.3) is 0 Å². The quantitative estimate of drug-likeness (QED) is 0.306. The molecule has 0 heterocycles. The van der Waals surface area contributed by atoms with Gasteiger partial charge in [-0.25, -0.2) is 4.79 Å². The molecule has 15 heavy (non-hydrogen) atoms. The highest BCUT2D eigenvalue weighted by Crippen LogP contribution is 2.11. The van der Waals surface area contributed by atoms with Crippen LogP contribution in [-0.4, -0.2) is 25.5 Å². The fourth-order valence-electron chi connectivity index (χ4n) is 0.974. The molecule has 0 aliphatic rings. The Labute approximate surface area is 90.2 Å². The van der Waals surface area contributed by atoms with E-state index in [1.807, 2.05) is 13.8 Å². The molecule has 0 spiro atoms. The highest BCUT2D eigenvalue weighted by atomic mass is 16.5. The van der Waals surface area contributed by atoms with E-state index in [9.17, 15) is 4.79 Å². The van der Waals surface area contributed by atoms with Crippen molar-refractivity contribution in [3.8, 4) is 0 Å². The summed E-state index contributed by atoms with van der Waals surface area (Å²) in [6.45, 7) is 5.75. The Kier molecular flexibility index (Phi) is 5.44. The zero-order valence-electron chi connectivity index (χ0n) is 9.70. The maximum atomic E-state index is 11.6. The molecule has 0 unspecified atom stereocenters. The number of allylic oxidation sites excluding steroid dienone is 1. The normalized spacial score (nSPS) is 13.8. The number of hydrogen-bond donors (Lipinski definition) is 2. The Balaban J connectivity index is 5.24. The van der Waals surface area contributed by atoms with E-state index < -0.39 is 5.97 Å². The lowest BCUT2D eigenvalue weighted by molar-refractivity contribution is -0.137. The number of nitrogens with zero attached hydrogens (tertiary/aromatic N) is 1. The van der Waals surface area contributed by atoms with Crippen LogP contribution >= 0.6 is 0 Å². The summed E-state index contributed by atoms with van der Waals surface area (Å²) < 4.78 is 4.86. The second-order valence-corrected chi connectivity index (χ2v) is 3.31. The average Bonchev–Trinajstić information content (AvgIpc) is 2.17. The molecular weight excluding hydrogens is 194 g/mol. The summed E-state index contributed by atoms with van der Waals surface area (Å²) in [6, 6.07) is 0. The zero-order chi connectivity index (χ0) is 12.0. The van der Waals surface area contributed by atoms with E-state index in [4.69, 9.17) is 16.2 Å². The summed E-state index contributed by atoms with van der Waals surface area (Å²) in [7, 11) is 1.50. The number of rotatable bonds is 4. The second kappa shape index (κ2) is 6.06. The fraction of sp³-hybridized carbons (Fsp3) is 0.600. The Morgan fingerprint density at radius 3 is 2.27 bits per heavy atom. The van der Waals surface area contributed by atoms with Crippen LogP contribution in [-0.2, 0) is 9.53 Å². The minimum atomic E-state index is -0.521. The average molecular weight is 213 g/mol. The molecule has 0 rings (SSSR count). The third kappa shape index (κ3) is 3.61. The molecule has 0 aromatic rings. The van der Waals surface area contributed by atoms with Crippen molar-refractivity contribution in [3.63, 3.8) is 0 Å². The topological polar surface area (TPSA) is 90.7 Å². The Morgan fingerprint density at radius 1 is 1.40 bits per heavy atom. The molecule has 0 fully saturated rings. The number of esters is 1. The maximum absolute atomic E-state index is 11.6. The van der Waals surface area contributed by atoms with Crippen LogP contribution in [0.4, 0.5) is 0 Å². The first kappa shape index (κ1) is 13.5. The monoisotopic (exact) mass is 213 g/mol. The molecule has 0 aromatic heterocycles. The van der Waals surface area contributed by atoms with Crippen LogP contribution in [0.1, 0.15) is 20.8 Å². The summed E-state index contributed by atoms with van der Waals surface area (Å²) in [6.07, 6.45) is 0. The van der Waals surface area contributed by atoms with E-state index in [0.717, 1.165) is 0 Å². The Hall–Kier alpha value is -1.52. The first-order valence-corrected chi connectivity index (χ1v) is 4.85. The van der Waals surface area contributed by atoms with Gasteiger partial charge in [-0.05, 0) is 12.8 Å². The van der Waals surface area contributed by atoms with E-state index in [0.29, 0.717) is 5.70 Å². The third-order valence-electron chi connectivity index (χ3n) is 1.89. The van der Waals surface area contributed by atoms with Crippen LogP contribution in [0.3, 0.4) is 0 Å². The first-order valence-electron chi connectivity index (χ1n) is 4.85. The standard InChI is InChI=1S/C10H19N3O2/c1-5-15-10(14)7(9(12)13-4)8(11)6(2)3/h6H,5,11H2,1-4H3,(H2,12,13). The van der Waals surface area contributed by atoms with Gasteiger partial charge in [0.15, 0.2) is 0 Å². The van der Waals surface area contributed by atoms with Gasteiger partial charge in [0.05, 0.1) is 6.61 Å². The van der Waals surface area contributed by atoms with Crippen molar-refractivity contribution in [1.29, 1.82) is 0 Å². The summed E-state index contributed by atoms with van der Waals surface area (Å²) in [5, 5.41) is 0. The number of nitrogens with two attached hydrogens (primary N) is 2. The lowest BCUT2D eigenvalue weighted by Crippen LogP contribution is -2.28. The van der Waals surface area contributed by atoms with Crippen molar-refractivity contribution in [2.24, 2.45) is 22.4 Å². The van der Waals surface area contributed by atoms with E-state index in [1.54, 1.807) is 6.92 Å². The number of aliphatic imine (C=N–C) groups is 1. The maximum Gasteiger partial charge on any atom is 0.343 e. The van der Waals surface area contributed by atoms with Crippen LogP contribution in [0.2, 0.25) is 0 Å². The lowest BCUT2D eigenvalue weighted by atomic mass is 10.0. The van der Waals surface area contributed by atoms with Crippen molar-refractivity contribution >= 4 is 11.8 Å². The smallest absolute Gasteiger partial charge is 0.343 e. The number of amidine groups is 1. The molecule has 0 radical (unpaired) electrons. The fourth-order valence-corrected chi connectivity index (χ4v) is 0.974. The molecule has 0 saturated heterocycles. The van der Waals surface area contributed by atoms with E-state index >= 15 is 0 Å². The van der Waals surface area contributed by atoms with Gasteiger partial charge in [0.1, 0.15) is 11.4 Å². The van der Waals surface area contributed by atoms with Crippen molar-refractivity contribution in [3.05, 3.63) is 11.3 Å². The third-order valence-corrected chi connectivity index (χ3v) is 1.89. The largest absolute Gasteiger partial charge is 0.462 e. The second-order valence-electron chi connectivity index (χ2n) is 3.31. The van der Waals surface area contributed by atoms with Gasteiger partial charge in [-0.15, -0.1) is 0 Å². The van der Waals surface area contributed by atoms with Gasteiger partial charge in [-0.3, -0.25) is 4.99 Å². The van der Waals surface area contributed by atoms with Gasteiger partial charge >= 0.3 is 5.97 Å². The van der Waals surface area contributed by atoms with Gasteiger partial charge in [-0.2, -0.15) is 0 Å². The van der Waals surface area contributed by atoms with Crippen LogP contribution in [0, 0.1) is 5.92 Å². The van der Waals surface area contributed by atoms with Gasteiger partial charge in [0.2, 0.25) is 0 Å². The molecule has 86 valence electrons. The number of carbonyl (C=O) groups excluding carboxylic acids is 1. The van der Waals surface area contributed by atoms with Crippen LogP contribution in [0.5, 0.6) is 0 Å². The summed E-state index contributed by atoms with van der Waals surface area (Å²) in [4.78, 5) is 15.3. The molecule has 5 heteroatoms. The molecule has 0 bridgehead atoms.